The highest BCUT2D eigenvalue weighted by atomic mass is 16.2. The fourth-order valence-corrected chi connectivity index (χ4v) is 2.07. The van der Waals surface area contributed by atoms with Crippen LogP contribution in [0.15, 0.2) is 29.4 Å². The first kappa shape index (κ1) is 12.5. The van der Waals surface area contributed by atoms with E-state index in [4.69, 9.17) is 0 Å². The molecule has 1 aromatic rings. The topological polar surface area (TPSA) is 49.7 Å². The van der Waals surface area contributed by atoms with Gasteiger partial charge in [0.15, 0.2) is 0 Å². The minimum atomic E-state index is -0.400. The molecule has 1 heterocycles. The fourth-order valence-electron chi connectivity index (χ4n) is 2.07. The summed E-state index contributed by atoms with van der Waals surface area (Å²) >= 11 is 0. The summed E-state index contributed by atoms with van der Waals surface area (Å²) < 4.78 is 0. The molecule has 1 atom stereocenters. The maximum Gasteiger partial charge on any atom is 0.256 e. The molecule has 0 saturated heterocycles. The predicted molar refractivity (Wildman–Crippen MR) is 70.6 cm³/mol. The summed E-state index contributed by atoms with van der Waals surface area (Å²) in [4.78, 5) is 23.4. The Morgan fingerprint density at radius 1 is 1.39 bits per heavy atom. The second-order valence-electron chi connectivity index (χ2n) is 4.69. The quantitative estimate of drug-likeness (QED) is 0.819. The van der Waals surface area contributed by atoms with Crippen molar-refractivity contribution < 1.29 is 9.59 Å². The van der Waals surface area contributed by atoms with Gasteiger partial charge in [0.2, 0.25) is 0 Å². The Balaban J connectivity index is 2.28. The molecular formula is C14H16N2O2. The van der Waals surface area contributed by atoms with Gasteiger partial charge in [-0.2, -0.15) is 5.10 Å². The van der Waals surface area contributed by atoms with Gasteiger partial charge < -0.3 is 0 Å². The lowest BCUT2D eigenvalue weighted by molar-refractivity contribution is -0.124. The number of hydrazone groups is 1. The van der Waals surface area contributed by atoms with E-state index in [2.05, 4.69) is 5.10 Å². The van der Waals surface area contributed by atoms with Crippen LogP contribution in [-0.2, 0) is 9.59 Å². The van der Waals surface area contributed by atoms with E-state index >= 15 is 0 Å². The summed E-state index contributed by atoms with van der Waals surface area (Å²) in [5.41, 5.74) is 2.53. The van der Waals surface area contributed by atoms with Crippen LogP contribution < -0.4 is 5.01 Å². The Morgan fingerprint density at radius 3 is 2.72 bits per heavy atom. The second kappa shape index (κ2) is 4.72. The van der Waals surface area contributed by atoms with Crippen LogP contribution in [0.2, 0.25) is 0 Å². The Kier molecular flexibility index (Phi) is 3.28. The Labute approximate surface area is 106 Å². The van der Waals surface area contributed by atoms with E-state index in [-0.39, 0.29) is 18.1 Å². The molecule has 0 aromatic heterocycles. The number of anilines is 1. The van der Waals surface area contributed by atoms with Gasteiger partial charge in [-0.15, -0.1) is 0 Å². The maximum atomic E-state index is 12.2. The molecule has 0 fully saturated rings. The molecule has 4 heteroatoms. The number of hydrogen-bond acceptors (Lipinski definition) is 3. The lowest BCUT2D eigenvalue weighted by Crippen LogP contribution is -2.28. The molecule has 4 nitrogen and oxygen atoms in total. The molecular weight excluding hydrogens is 228 g/mol. The SMILES string of the molecule is CC(=O)CC1C(=O)N(c2cccc(C)c2)N=C1C. The van der Waals surface area contributed by atoms with Crippen molar-refractivity contribution in [1.29, 1.82) is 0 Å². The smallest absolute Gasteiger partial charge is 0.256 e. The monoisotopic (exact) mass is 244 g/mol. The Morgan fingerprint density at radius 2 is 2.11 bits per heavy atom. The molecule has 1 aromatic carbocycles. The molecule has 94 valence electrons. The lowest BCUT2D eigenvalue weighted by Gasteiger charge is -2.14. The summed E-state index contributed by atoms with van der Waals surface area (Å²) in [7, 11) is 0. The van der Waals surface area contributed by atoms with Crippen LogP contribution in [0.1, 0.15) is 25.8 Å². The molecule has 1 aliphatic rings. The zero-order valence-electron chi connectivity index (χ0n) is 10.8. The molecule has 1 amide bonds. The van der Waals surface area contributed by atoms with E-state index in [9.17, 15) is 9.59 Å². The fraction of sp³-hybridized carbons (Fsp3) is 0.357. The molecule has 1 unspecified atom stereocenters. The van der Waals surface area contributed by atoms with Crippen molar-refractivity contribution in [2.45, 2.75) is 27.2 Å². The summed E-state index contributed by atoms with van der Waals surface area (Å²) in [5, 5.41) is 5.66. The number of hydrogen-bond donors (Lipinski definition) is 0. The molecule has 0 radical (unpaired) electrons. The van der Waals surface area contributed by atoms with E-state index in [1.54, 1.807) is 6.92 Å². The molecule has 1 aliphatic heterocycles. The van der Waals surface area contributed by atoms with Gasteiger partial charge in [-0.3, -0.25) is 9.59 Å². The van der Waals surface area contributed by atoms with Gasteiger partial charge >= 0.3 is 0 Å². The minimum Gasteiger partial charge on any atom is -0.300 e. The largest absolute Gasteiger partial charge is 0.300 e. The van der Waals surface area contributed by atoms with Crippen molar-refractivity contribution in [3.63, 3.8) is 0 Å². The van der Waals surface area contributed by atoms with Gasteiger partial charge in [0.25, 0.3) is 5.91 Å². The van der Waals surface area contributed by atoms with Gasteiger partial charge in [0, 0.05) is 12.1 Å². The van der Waals surface area contributed by atoms with E-state index in [0.717, 1.165) is 11.3 Å². The number of carbonyl (C=O) groups is 2. The number of carbonyl (C=O) groups excluding carboxylic acids is 2. The normalized spacial score (nSPS) is 19.1. The Hall–Kier alpha value is -1.97. The predicted octanol–water partition coefficient (Wildman–Crippen LogP) is 2.31. The van der Waals surface area contributed by atoms with Crippen LogP contribution >= 0.6 is 0 Å². The van der Waals surface area contributed by atoms with Gasteiger partial charge in [-0.05, 0) is 38.5 Å². The van der Waals surface area contributed by atoms with Crippen LogP contribution in [0.3, 0.4) is 0 Å². The van der Waals surface area contributed by atoms with Crippen molar-refractivity contribution in [2.24, 2.45) is 11.0 Å². The molecule has 2 rings (SSSR count). The minimum absolute atomic E-state index is 0.00833. The summed E-state index contributed by atoms with van der Waals surface area (Å²) in [6, 6.07) is 7.61. The van der Waals surface area contributed by atoms with Crippen LogP contribution in [0.4, 0.5) is 5.69 Å². The summed E-state index contributed by atoms with van der Waals surface area (Å²) in [6.45, 7) is 5.25. The summed E-state index contributed by atoms with van der Waals surface area (Å²) in [5.74, 6) is -0.509. The number of Topliss-reactive ketones (excluding diaryl/α,β-unsaturated/α-hetero) is 1. The summed E-state index contributed by atoms with van der Waals surface area (Å²) in [6.07, 6.45) is 0.233. The van der Waals surface area contributed by atoms with E-state index in [0.29, 0.717) is 5.71 Å². The van der Waals surface area contributed by atoms with Gasteiger partial charge in [-0.25, -0.2) is 5.01 Å². The van der Waals surface area contributed by atoms with Crippen molar-refractivity contribution in [3.8, 4) is 0 Å². The van der Waals surface area contributed by atoms with Gasteiger partial charge in [0.1, 0.15) is 5.78 Å². The standard InChI is InChI=1S/C14H16N2O2/c1-9-5-4-6-12(7-9)16-14(18)13(8-10(2)17)11(3)15-16/h4-7,13H,8H2,1-3H3. The van der Waals surface area contributed by atoms with Crippen LogP contribution in [0.25, 0.3) is 0 Å². The number of benzene rings is 1. The zero-order chi connectivity index (χ0) is 13.3. The third kappa shape index (κ3) is 2.32. The highest BCUT2D eigenvalue weighted by molar-refractivity contribution is 6.16. The van der Waals surface area contributed by atoms with Crippen molar-refractivity contribution in [1.82, 2.24) is 0 Å². The number of nitrogens with zero attached hydrogens (tertiary/aromatic N) is 2. The second-order valence-corrected chi connectivity index (χ2v) is 4.69. The maximum absolute atomic E-state index is 12.2. The average molecular weight is 244 g/mol. The van der Waals surface area contributed by atoms with Gasteiger partial charge in [-0.1, -0.05) is 12.1 Å². The molecule has 0 aliphatic carbocycles. The number of rotatable bonds is 3. The highest BCUT2D eigenvalue weighted by Crippen LogP contribution is 2.26. The van der Waals surface area contributed by atoms with E-state index in [1.165, 1.54) is 11.9 Å². The first-order valence-electron chi connectivity index (χ1n) is 5.94. The molecule has 0 bridgehead atoms. The van der Waals surface area contributed by atoms with Crippen molar-refractivity contribution >= 4 is 23.1 Å². The van der Waals surface area contributed by atoms with Crippen molar-refractivity contribution in [3.05, 3.63) is 29.8 Å². The van der Waals surface area contributed by atoms with Crippen LogP contribution in [0, 0.1) is 12.8 Å². The van der Waals surface area contributed by atoms with Gasteiger partial charge in [0.05, 0.1) is 11.6 Å². The first-order chi connectivity index (χ1) is 8.49. The molecule has 0 saturated carbocycles. The molecule has 0 N–H and O–H groups in total. The van der Waals surface area contributed by atoms with E-state index < -0.39 is 5.92 Å². The lowest BCUT2D eigenvalue weighted by atomic mass is 9.98. The highest BCUT2D eigenvalue weighted by Gasteiger charge is 2.34. The Bertz CT molecular complexity index is 534. The molecule has 0 spiro atoms. The average Bonchev–Trinajstić information content (AvgIpc) is 2.56. The molecule has 18 heavy (non-hydrogen) atoms. The number of ketones is 1. The van der Waals surface area contributed by atoms with Crippen molar-refractivity contribution in [2.75, 3.05) is 5.01 Å². The number of aryl methyl sites for hydroxylation is 1. The van der Waals surface area contributed by atoms with E-state index in [1.807, 2.05) is 31.2 Å². The zero-order valence-corrected chi connectivity index (χ0v) is 10.8. The third-order valence-corrected chi connectivity index (χ3v) is 3.01. The third-order valence-electron chi connectivity index (χ3n) is 3.01. The first-order valence-corrected chi connectivity index (χ1v) is 5.94. The van der Waals surface area contributed by atoms with Crippen LogP contribution in [-0.4, -0.2) is 17.4 Å². The van der Waals surface area contributed by atoms with Crippen LogP contribution in [0.5, 0.6) is 0 Å². The number of amides is 1.